The maximum Gasteiger partial charge on any atom is 0.225 e. The summed E-state index contributed by atoms with van der Waals surface area (Å²) in [5, 5.41) is 5.91. The molecule has 1 aromatic rings. The van der Waals surface area contributed by atoms with E-state index in [0.717, 1.165) is 14.8 Å². The Labute approximate surface area is 132 Å². The smallest absolute Gasteiger partial charge is 0.225 e. The van der Waals surface area contributed by atoms with Gasteiger partial charge in [-0.1, -0.05) is 0 Å². The highest BCUT2D eigenvalue weighted by Gasteiger charge is 2.26. The largest absolute Gasteiger partial charge is 0.326 e. The van der Waals surface area contributed by atoms with Crippen LogP contribution in [0.25, 0.3) is 0 Å². The number of nitrogens with one attached hydrogen (secondary N) is 2. The molecule has 2 N–H and O–H groups in total. The lowest BCUT2D eigenvalue weighted by Crippen LogP contribution is -2.46. The molecule has 1 unspecified atom stereocenters. The molecule has 7 heteroatoms. The lowest BCUT2D eigenvalue weighted by Gasteiger charge is -2.23. The number of rotatable bonds is 3. The predicted octanol–water partition coefficient (Wildman–Crippen LogP) is 1.31. The highest BCUT2D eigenvalue weighted by Crippen LogP contribution is 2.18. The van der Waals surface area contributed by atoms with Crippen molar-refractivity contribution in [3.63, 3.8) is 0 Å². The van der Waals surface area contributed by atoms with E-state index in [9.17, 15) is 13.2 Å². The Morgan fingerprint density at radius 2 is 2.25 bits per heavy atom. The molecule has 1 saturated heterocycles. The van der Waals surface area contributed by atoms with Gasteiger partial charge in [0.15, 0.2) is 9.84 Å². The van der Waals surface area contributed by atoms with Gasteiger partial charge in [-0.15, -0.1) is 0 Å². The van der Waals surface area contributed by atoms with E-state index in [1.165, 1.54) is 0 Å². The van der Waals surface area contributed by atoms with Crippen LogP contribution in [0.2, 0.25) is 0 Å². The number of aryl methyl sites for hydroxylation is 1. The number of anilines is 1. The number of carbonyl (C=O) groups is 1. The van der Waals surface area contributed by atoms with Gasteiger partial charge in [0.05, 0.1) is 11.5 Å². The Balaban J connectivity index is 1.95. The van der Waals surface area contributed by atoms with E-state index in [4.69, 9.17) is 0 Å². The van der Waals surface area contributed by atoms with Crippen molar-refractivity contribution in [2.45, 2.75) is 19.4 Å². The first kappa shape index (κ1) is 15.7. The van der Waals surface area contributed by atoms with Gasteiger partial charge in [-0.2, -0.15) is 0 Å². The first-order valence-corrected chi connectivity index (χ1v) is 9.25. The topological polar surface area (TPSA) is 75.3 Å². The number of hydrogen-bond acceptors (Lipinski definition) is 4. The quantitative estimate of drug-likeness (QED) is 0.740. The lowest BCUT2D eigenvalue weighted by molar-refractivity contribution is -0.116. The minimum atomic E-state index is -3.01. The van der Waals surface area contributed by atoms with Crippen LogP contribution in [0.1, 0.15) is 12.0 Å². The first-order chi connectivity index (χ1) is 9.35. The van der Waals surface area contributed by atoms with Gasteiger partial charge in [0.2, 0.25) is 5.91 Å². The molecule has 1 fully saturated rings. The molecule has 5 nitrogen and oxygen atoms in total. The van der Waals surface area contributed by atoms with Gasteiger partial charge < -0.3 is 10.6 Å². The molecule has 1 atom stereocenters. The second-order valence-corrected chi connectivity index (χ2v) is 8.45. The van der Waals surface area contributed by atoms with Crippen molar-refractivity contribution < 1.29 is 13.2 Å². The molecule has 2 rings (SSSR count). The number of benzene rings is 1. The van der Waals surface area contributed by atoms with E-state index in [-0.39, 0.29) is 29.9 Å². The molecule has 1 heterocycles. The van der Waals surface area contributed by atoms with Gasteiger partial charge >= 0.3 is 0 Å². The molecular formula is C13H17IN2O3S. The van der Waals surface area contributed by atoms with E-state index >= 15 is 0 Å². The zero-order valence-electron chi connectivity index (χ0n) is 11.1. The molecule has 1 aliphatic rings. The van der Waals surface area contributed by atoms with Gasteiger partial charge in [-0.05, 0) is 53.3 Å². The summed E-state index contributed by atoms with van der Waals surface area (Å²) in [6.07, 6.45) is 0.171. The van der Waals surface area contributed by atoms with Crippen molar-refractivity contribution in [2.75, 3.05) is 23.4 Å². The van der Waals surface area contributed by atoms with Crippen molar-refractivity contribution in [1.29, 1.82) is 0 Å². The van der Waals surface area contributed by atoms with Gasteiger partial charge in [0, 0.05) is 28.3 Å². The SMILES string of the molecule is Cc1cc(I)ccc1NC(=O)CC1CS(=O)(=O)CCN1. The van der Waals surface area contributed by atoms with Crippen LogP contribution in [0.4, 0.5) is 5.69 Å². The van der Waals surface area contributed by atoms with E-state index in [2.05, 4.69) is 33.2 Å². The molecule has 110 valence electrons. The standard InChI is InChI=1S/C13H17IN2O3S/c1-9-6-10(14)2-3-12(9)16-13(17)7-11-8-20(18,19)5-4-15-11/h2-3,6,11,15H,4-5,7-8H2,1H3,(H,16,17). The van der Waals surface area contributed by atoms with Crippen molar-refractivity contribution in [3.8, 4) is 0 Å². The summed E-state index contributed by atoms with van der Waals surface area (Å²) in [5.41, 5.74) is 1.77. The molecule has 0 saturated carbocycles. The monoisotopic (exact) mass is 408 g/mol. The molecule has 0 aliphatic carbocycles. The summed E-state index contributed by atoms with van der Waals surface area (Å²) in [5.74, 6) is 0.0249. The highest BCUT2D eigenvalue weighted by molar-refractivity contribution is 14.1. The molecular weight excluding hydrogens is 391 g/mol. The second kappa shape index (κ2) is 6.40. The molecule has 1 aromatic carbocycles. The third-order valence-corrected chi connectivity index (χ3v) is 5.60. The zero-order chi connectivity index (χ0) is 14.8. The summed E-state index contributed by atoms with van der Waals surface area (Å²) in [4.78, 5) is 12.0. The van der Waals surface area contributed by atoms with Crippen LogP contribution in [0.3, 0.4) is 0 Å². The molecule has 1 amide bonds. The maximum atomic E-state index is 12.0. The van der Waals surface area contributed by atoms with Crippen LogP contribution in [-0.2, 0) is 14.6 Å². The first-order valence-electron chi connectivity index (χ1n) is 6.35. The fourth-order valence-corrected chi connectivity index (χ4v) is 4.28. The summed E-state index contributed by atoms with van der Waals surface area (Å²) in [6, 6.07) is 5.48. The average molecular weight is 408 g/mol. The Morgan fingerprint density at radius 3 is 2.90 bits per heavy atom. The van der Waals surface area contributed by atoms with Gasteiger partial charge in [0.1, 0.15) is 0 Å². The van der Waals surface area contributed by atoms with Gasteiger partial charge in [0.25, 0.3) is 0 Å². The van der Waals surface area contributed by atoms with Crippen molar-refractivity contribution in [3.05, 3.63) is 27.3 Å². The average Bonchev–Trinajstić information content (AvgIpc) is 2.31. The highest BCUT2D eigenvalue weighted by atomic mass is 127. The van der Waals surface area contributed by atoms with Crippen LogP contribution in [0.5, 0.6) is 0 Å². The van der Waals surface area contributed by atoms with Gasteiger partial charge in [-0.25, -0.2) is 8.42 Å². The van der Waals surface area contributed by atoms with E-state index in [1.807, 2.05) is 25.1 Å². The van der Waals surface area contributed by atoms with Crippen molar-refractivity contribution in [1.82, 2.24) is 5.32 Å². The Bertz CT molecular complexity index is 616. The minimum absolute atomic E-state index is 0.0338. The number of halogens is 1. The summed E-state index contributed by atoms with van der Waals surface area (Å²) in [6.45, 7) is 2.35. The Hall–Kier alpha value is -0.670. The molecule has 0 bridgehead atoms. The predicted molar refractivity (Wildman–Crippen MR) is 87.6 cm³/mol. The maximum absolute atomic E-state index is 12.0. The zero-order valence-corrected chi connectivity index (χ0v) is 14.1. The van der Waals surface area contributed by atoms with Crippen LogP contribution in [0.15, 0.2) is 18.2 Å². The number of sulfone groups is 1. The summed E-state index contributed by atoms with van der Waals surface area (Å²) >= 11 is 2.21. The Morgan fingerprint density at radius 1 is 1.50 bits per heavy atom. The summed E-state index contributed by atoms with van der Waals surface area (Å²) in [7, 11) is -3.01. The van der Waals surface area contributed by atoms with Crippen LogP contribution >= 0.6 is 22.6 Å². The molecule has 0 aromatic heterocycles. The minimum Gasteiger partial charge on any atom is -0.326 e. The molecule has 1 aliphatic heterocycles. The number of carbonyl (C=O) groups excluding carboxylic acids is 1. The normalized spacial score (nSPS) is 21.4. The second-order valence-electron chi connectivity index (χ2n) is 4.98. The molecule has 20 heavy (non-hydrogen) atoms. The van der Waals surface area contributed by atoms with Crippen LogP contribution in [0, 0.1) is 10.5 Å². The van der Waals surface area contributed by atoms with E-state index in [1.54, 1.807) is 0 Å². The number of hydrogen-bond donors (Lipinski definition) is 2. The van der Waals surface area contributed by atoms with Gasteiger partial charge in [-0.3, -0.25) is 4.79 Å². The van der Waals surface area contributed by atoms with Crippen molar-refractivity contribution >= 4 is 44.0 Å². The fourth-order valence-electron chi connectivity index (χ4n) is 2.19. The van der Waals surface area contributed by atoms with Crippen LogP contribution < -0.4 is 10.6 Å². The molecule has 0 radical (unpaired) electrons. The number of amides is 1. The lowest BCUT2D eigenvalue weighted by atomic mass is 10.1. The third kappa shape index (κ3) is 4.42. The fraction of sp³-hybridized carbons (Fsp3) is 0.462. The van der Waals surface area contributed by atoms with Crippen molar-refractivity contribution in [2.24, 2.45) is 0 Å². The van der Waals surface area contributed by atoms with E-state index < -0.39 is 9.84 Å². The summed E-state index contributed by atoms with van der Waals surface area (Å²) < 4.78 is 24.1. The van der Waals surface area contributed by atoms with E-state index in [0.29, 0.717) is 6.54 Å². The Kier molecular flexibility index (Phi) is 5.03. The molecule has 0 spiro atoms. The third-order valence-electron chi connectivity index (χ3n) is 3.20. The van der Waals surface area contributed by atoms with Crippen LogP contribution in [-0.4, -0.2) is 38.4 Å².